The lowest BCUT2D eigenvalue weighted by molar-refractivity contribution is -0.155. The van der Waals surface area contributed by atoms with E-state index in [1.54, 1.807) is 0 Å². The zero-order valence-electron chi connectivity index (χ0n) is 21.2. The van der Waals surface area contributed by atoms with Gasteiger partial charge < -0.3 is 20.4 Å². The van der Waals surface area contributed by atoms with Crippen molar-refractivity contribution in [3.8, 4) is 0 Å². The van der Waals surface area contributed by atoms with E-state index in [0.29, 0.717) is 41.4 Å². The van der Waals surface area contributed by atoms with Crippen molar-refractivity contribution in [2.45, 2.75) is 97.2 Å². The van der Waals surface area contributed by atoms with Gasteiger partial charge in [0.2, 0.25) is 0 Å². The molecule has 0 bridgehead atoms. The minimum absolute atomic E-state index is 0.000285. The van der Waals surface area contributed by atoms with Gasteiger partial charge in [0.15, 0.2) is 0 Å². The van der Waals surface area contributed by atoms with Crippen molar-refractivity contribution in [1.29, 1.82) is 0 Å². The second-order valence-electron chi connectivity index (χ2n) is 13.6. The van der Waals surface area contributed by atoms with Gasteiger partial charge in [-0.15, -0.1) is 0 Å². The van der Waals surface area contributed by atoms with Gasteiger partial charge in [0, 0.05) is 23.4 Å². The predicted octanol–water partition coefficient (Wildman–Crippen LogP) is 3.91. The first kappa shape index (κ1) is 22.6. The van der Waals surface area contributed by atoms with Crippen LogP contribution < -0.4 is 5.32 Å². The van der Waals surface area contributed by atoms with Crippen LogP contribution in [-0.4, -0.2) is 61.1 Å². The summed E-state index contributed by atoms with van der Waals surface area (Å²) in [6, 6.07) is 0.842. The van der Waals surface area contributed by atoms with E-state index in [9.17, 15) is 10.2 Å². The van der Waals surface area contributed by atoms with Crippen LogP contribution in [0.2, 0.25) is 0 Å². The number of fused-ring (bicyclic) bond motifs is 2. The number of nitrogens with zero attached hydrogens (tertiary/aromatic N) is 1. The lowest BCUT2D eigenvalue weighted by atomic mass is 9.41. The third kappa shape index (κ3) is 2.42. The Morgan fingerprint density at radius 1 is 0.968 bits per heavy atom. The third-order valence-electron chi connectivity index (χ3n) is 13.0. The molecule has 11 unspecified atom stereocenters. The van der Waals surface area contributed by atoms with E-state index in [0.717, 1.165) is 12.3 Å². The summed E-state index contributed by atoms with van der Waals surface area (Å²) in [5.74, 6) is 1.74. The van der Waals surface area contributed by atoms with Gasteiger partial charge in [-0.2, -0.15) is 0 Å². The number of rotatable bonds is 4. The number of hydrogen-bond acceptors (Lipinski definition) is 4. The Morgan fingerprint density at radius 2 is 1.61 bits per heavy atom. The molecule has 0 saturated heterocycles. The largest absolute Gasteiger partial charge is 0.396 e. The van der Waals surface area contributed by atoms with E-state index in [-0.39, 0.29) is 22.3 Å². The van der Waals surface area contributed by atoms with E-state index in [1.165, 1.54) is 44.9 Å². The molecule has 178 valence electrons. The van der Waals surface area contributed by atoms with Crippen LogP contribution >= 0.6 is 0 Å². The zero-order chi connectivity index (χ0) is 22.6. The fraction of sp³-hybridized carbons (Fsp3) is 1.00. The summed E-state index contributed by atoms with van der Waals surface area (Å²) in [5.41, 5.74) is 1.35. The highest BCUT2D eigenvalue weighted by Gasteiger charge is 2.83. The van der Waals surface area contributed by atoms with E-state index >= 15 is 0 Å². The summed E-state index contributed by atoms with van der Waals surface area (Å²) in [4.78, 5) is 2.33. The molecule has 0 radical (unpaired) electrons. The highest BCUT2D eigenvalue weighted by atomic mass is 16.3. The number of aliphatic hydroxyl groups excluding tert-OH is 2. The van der Waals surface area contributed by atoms with Crippen LogP contribution in [0.4, 0.5) is 0 Å². The molecular formula is C27H48N2O2. The maximum atomic E-state index is 11.4. The summed E-state index contributed by atoms with van der Waals surface area (Å²) in [6.07, 6.45) is 9.88. The molecular weight excluding hydrogens is 384 g/mol. The monoisotopic (exact) mass is 432 g/mol. The van der Waals surface area contributed by atoms with Crippen molar-refractivity contribution < 1.29 is 10.2 Å². The molecule has 0 aromatic carbocycles. The van der Waals surface area contributed by atoms with Crippen LogP contribution in [0.3, 0.4) is 0 Å². The molecule has 31 heavy (non-hydrogen) atoms. The quantitative estimate of drug-likeness (QED) is 0.630. The average molecular weight is 433 g/mol. The molecule has 5 fully saturated rings. The van der Waals surface area contributed by atoms with Gasteiger partial charge in [0.1, 0.15) is 0 Å². The van der Waals surface area contributed by atoms with Gasteiger partial charge in [0.25, 0.3) is 0 Å². The Balaban J connectivity index is 1.52. The molecule has 5 aliphatic rings. The molecule has 4 heteroatoms. The lowest BCUT2D eigenvalue weighted by Crippen LogP contribution is -2.61. The maximum absolute atomic E-state index is 11.4. The summed E-state index contributed by atoms with van der Waals surface area (Å²) in [6.45, 7) is 10.1. The third-order valence-corrected chi connectivity index (χ3v) is 13.0. The molecule has 0 amide bonds. The van der Waals surface area contributed by atoms with Gasteiger partial charge >= 0.3 is 0 Å². The van der Waals surface area contributed by atoms with Crippen molar-refractivity contribution in [3.05, 3.63) is 0 Å². The van der Waals surface area contributed by atoms with Crippen LogP contribution in [0.15, 0.2) is 0 Å². The highest BCUT2D eigenvalue weighted by Crippen LogP contribution is 2.88. The fourth-order valence-corrected chi connectivity index (χ4v) is 11.2. The van der Waals surface area contributed by atoms with Gasteiger partial charge in [-0.25, -0.2) is 0 Å². The molecule has 5 rings (SSSR count). The topological polar surface area (TPSA) is 55.7 Å². The maximum Gasteiger partial charge on any atom is 0.0594 e. The standard InChI is InChI=1S/C27H48N2O2/c1-17(29(6)7)22-18(31)14-25(4)20-9-8-19-23(2,16-30)21(28-5)10-11-26(19)15-27(20,26)13-12-24(22,25)3/h17-22,28,30-31H,8-16H2,1-7H3. The van der Waals surface area contributed by atoms with E-state index < -0.39 is 0 Å². The first-order valence-electron chi connectivity index (χ1n) is 13.1. The Morgan fingerprint density at radius 3 is 2.23 bits per heavy atom. The Labute approximate surface area is 190 Å². The summed E-state index contributed by atoms with van der Waals surface area (Å²) < 4.78 is 0. The number of nitrogens with one attached hydrogen (secondary N) is 1. The van der Waals surface area contributed by atoms with E-state index in [1.807, 2.05) is 0 Å². The van der Waals surface area contributed by atoms with Gasteiger partial charge in [-0.05, 0) is 113 Å². The van der Waals surface area contributed by atoms with Crippen LogP contribution in [0.1, 0.15) is 79.1 Å². The summed E-state index contributed by atoms with van der Waals surface area (Å²) >= 11 is 0. The molecule has 3 N–H and O–H groups in total. The van der Waals surface area contributed by atoms with Crippen LogP contribution in [0.25, 0.3) is 0 Å². The molecule has 2 spiro atoms. The molecule has 4 nitrogen and oxygen atoms in total. The van der Waals surface area contributed by atoms with Gasteiger partial charge in [-0.1, -0.05) is 20.8 Å². The van der Waals surface area contributed by atoms with E-state index in [2.05, 4.69) is 59.1 Å². The smallest absolute Gasteiger partial charge is 0.0594 e. The second-order valence-corrected chi connectivity index (χ2v) is 13.6. The first-order valence-corrected chi connectivity index (χ1v) is 13.1. The fourth-order valence-electron chi connectivity index (χ4n) is 11.2. The van der Waals surface area contributed by atoms with Crippen LogP contribution in [-0.2, 0) is 0 Å². The molecule has 5 aliphatic carbocycles. The minimum atomic E-state index is -0.183. The summed E-state index contributed by atoms with van der Waals surface area (Å²) in [5, 5.41) is 25.5. The molecule has 0 aliphatic heterocycles. The van der Waals surface area contributed by atoms with Crippen molar-refractivity contribution in [3.63, 3.8) is 0 Å². The Hall–Kier alpha value is -0.160. The Kier molecular flexibility index (Phi) is 4.89. The van der Waals surface area contributed by atoms with Crippen molar-refractivity contribution in [2.24, 2.45) is 44.8 Å². The predicted molar refractivity (Wildman–Crippen MR) is 126 cm³/mol. The van der Waals surface area contributed by atoms with Crippen molar-refractivity contribution >= 4 is 0 Å². The van der Waals surface area contributed by atoms with E-state index in [4.69, 9.17) is 0 Å². The number of hydrogen-bond donors (Lipinski definition) is 3. The molecule has 5 saturated carbocycles. The molecule has 0 aromatic rings. The normalized spacial score (nSPS) is 58.8. The van der Waals surface area contributed by atoms with Crippen LogP contribution in [0, 0.1) is 44.8 Å². The minimum Gasteiger partial charge on any atom is -0.396 e. The Bertz CT molecular complexity index is 743. The molecule has 0 aromatic heterocycles. The SMILES string of the molecule is CNC1CCC23CC24CCC2(C)C(C(C)N(C)C)C(O)CC2(C)C4CCC3C1(C)CO. The number of aliphatic hydroxyl groups is 2. The first-order chi connectivity index (χ1) is 14.5. The van der Waals surface area contributed by atoms with Crippen molar-refractivity contribution in [2.75, 3.05) is 27.7 Å². The van der Waals surface area contributed by atoms with Gasteiger partial charge in [-0.3, -0.25) is 0 Å². The van der Waals surface area contributed by atoms with Gasteiger partial charge in [0.05, 0.1) is 12.7 Å². The van der Waals surface area contributed by atoms with Crippen LogP contribution in [0.5, 0.6) is 0 Å². The molecule has 11 atom stereocenters. The second kappa shape index (κ2) is 6.71. The average Bonchev–Trinajstić information content (AvgIpc) is 3.33. The summed E-state index contributed by atoms with van der Waals surface area (Å²) in [7, 11) is 6.44. The molecule has 0 heterocycles. The zero-order valence-corrected chi connectivity index (χ0v) is 21.2. The lowest BCUT2D eigenvalue weighted by Gasteiger charge is -2.63. The van der Waals surface area contributed by atoms with Crippen molar-refractivity contribution in [1.82, 2.24) is 10.2 Å². The highest BCUT2D eigenvalue weighted by molar-refractivity contribution is 5.31.